The van der Waals surface area contributed by atoms with E-state index in [-0.39, 0.29) is 16.9 Å². The van der Waals surface area contributed by atoms with E-state index in [2.05, 4.69) is 10.00 Å². The smallest absolute Gasteiger partial charge is 0.349 e. The van der Waals surface area contributed by atoms with Crippen LogP contribution in [0.1, 0.15) is 11.3 Å². The largest absolute Gasteiger partial charge is 0.416 e. The van der Waals surface area contributed by atoms with Crippen molar-refractivity contribution >= 4 is 5.82 Å². The summed E-state index contributed by atoms with van der Waals surface area (Å²) in [6.45, 7) is 4.58. The van der Waals surface area contributed by atoms with Crippen molar-refractivity contribution in [1.29, 1.82) is 0 Å². The van der Waals surface area contributed by atoms with Gasteiger partial charge in [-0.2, -0.15) is 13.2 Å². The summed E-state index contributed by atoms with van der Waals surface area (Å²) in [5.41, 5.74) is -0.193. The van der Waals surface area contributed by atoms with Crippen molar-refractivity contribution in [3.63, 3.8) is 0 Å². The summed E-state index contributed by atoms with van der Waals surface area (Å²) in [4.78, 5) is 16.3. The fourth-order valence-electron chi connectivity index (χ4n) is 2.85. The molecule has 0 radical (unpaired) electrons. The molecule has 0 spiro atoms. The average Bonchev–Trinajstić information content (AvgIpc) is 2.55. The van der Waals surface area contributed by atoms with E-state index < -0.39 is 11.7 Å². The van der Waals surface area contributed by atoms with E-state index in [1.165, 1.54) is 16.8 Å². The second kappa shape index (κ2) is 6.51. The van der Waals surface area contributed by atoms with Gasteiger partial charge in [0.25, 0.3) is 0 Å². The molecule has 3 rings (SSSR count). The molecule has 1 aliphatic rings. The zero-order valence-corrected chi connectivity index (χ0v) is 14.0. The van der Waals surface area contributed by atoms with Crippen LogP contribution in [-0.4, -0.2) is 47.9 Å². The second-order valence-electron chi connectivity index (χ2n) is 6.22. The van der Waals surface area contributed by atoms with Gasteiger partial charge in [0.15, 0.2) is 5.82 Å². The zero-order chi connectivity index (χ0) is 18.2. The number of likely N-dealkylation sites (N-methyl/N-ethyl adjacent to an activating group) is 1. The van der Waals surface area contributed by atoms with E-state index in [9.17, 15) is 18.0 Å². The lowest BCUT2D eigenvalue weighted by Crippen LogP contribution is -2.46. The number of aryl methyl sites for hydroxylation is 1. The van der Waals surface area contributed by atoms with Crippen molar-refractivity contribution in [3.8, 4) is 5.69 Å². The SMILES string of the molecule is Cc1cc(=O)c(N2CCN(C)CC2)nn1-c1cccc(C(F)(F)F)c1. The molecule has 1 aromatic heterocycles. The van der Waals surface area contributed by atoms with Gasteiger partial charge in [-0.05, 0) is 32.2 Å². The van der Waals surface area contributed by atoms with Crippen molar-refractivity contribution in [1.82, 2.24) is 14.7 Å². The van der Waals surface area contributed by atoms with Gasteiger partial charge in [-0.1, -0.05) is 6.07 Å². The molecule has 0 unspecified atom stereocenters. The van der Waals surface area contributed by atoms with Crippen molar-refractivity contribution in [2.45, 2.75) is 13.1 Å². The van der Waals surface area contributed by atoms with Gasteiger partial charge < -0.3 is 9.80 Å². The highest BCUT2D eigenvalue weighted by atomic mass is 19.4. The highest BCUT2D eigenvalue weighted by Gasteiger charge is 2.30. The minimum absolute atomic E-state index is 0.217. The fraction of sp³-hybridized carbons (Fsp3) is 0.412. The Bertz CT molecular complexity index is 823. The van der Waals surface area contributed by atoms with Crippen LogP contribution in [0.3, 0.4) is 0 Å². The number of piperazine rings is 1. The molecule has 1 saturated heterocycles. The molecule has 25 heavy (non-hydrogen) atoms. The van der Waals surface area contributed by atoms with Crippen LogP contribution in [0.25, 0.3) is 5.69 Å². The molecule has 2 heterocycles. The normalized spacial score (nSPS) is 16.3. The number of alkyl halides is 3. The maximum atomic E-state index is 13.0. The van der Waals surface area contributed by atoms with Crippen LogP contribution in [0.2, 0.25) is 0 Å². The summed E-state index contributed by atoms with van der Waals surface area (Å²) < 4.78 is 40.3. The van der Waals surface area contributed by atoms with Gasteiger partial charge in [-0.15, -0.1) is 5.10 Å². The number of halogens is 3. The molecule has 2 aromatic rings. The first-order valence-electron chi connectivity index (χ1n) is 7.98. The topological polar surface area (TPSA) is 41.4 Å². The Kier molecular flexibility index (Phi) is 4.55. The van der Waals surface area contributed by atoms with E-state index in [1.54, 1.807) is 13.0 Å². The van der Waals surface area contributed by atoms with Crippen LogP contribution in [0.15, 0.2) is 35.1 Å². The molecule has 0 atom stereocenters. The summed E-state index contributed by atoms with van der Waals surface area (Å²) in [7, 11) is 2.00. The van der Waals surface area contributed by atoms with Crippen molar-refractivity contribution in [2.24, 2.45) is 0 Å². The Hall–Kier alpha value is -2.35. The molecule has 5 nitrogen and oxygen atoms in total. The third kappa shape index (κ3) is 3.68. The number of aromatic nitrogens is 2. The molecule has 0 saturated carbocycles. The molecule has 8 heteroatoms. The standard InChI is InChI=1S/C17H19F3N4O/c1-12-10-15(25)16(23-8-6-22(2)7-9-23)21-24(12)14-5-3-4-13(11-14)17(18,19)20/h3-5,10-11H,6-9H2,1-2H3. The molecule has 0 N–H and O–H groups in total. The summed E-state index contributed by atoms with van der Waals surface area (Å²) in [6, 6.07) is 6.36. The number of benzene rings is 1. The minimum atomic E-state index is -4.43. The lowest BCUT2D eigenvalue weighted by molar-refractivity contribution is -0.137. The highest BCUT2D eigenvalue weighted by Crippen LogP contribution is 2.30. The van der Waals surface area contributed by atoms with Gasteiger partial charge in [0.1, 0.15) is 0 Å². The van der Waals surface area contributed by atoms with Gasteiger partial charge in [0, 0.05) is 37.9 Å². The third-order valence-corrected chi connectivity index (χ3v) is 4.31. The number of rotatable bonds is 2. The Labute approximate surface area is 143 Å². The van der Waals surface area contributed by atoms with Crippen LogP contribution in [0.5, 0.6) is 0 Å². The molecule has 0 bridgehead atoms. The third-order valence-electron chi connectivity index (χ3n) is 4.31. The number of hydrogen-bond donors (Lipinski definition) is 0. The minimum Gasteiger partial charge on any atom is -0.349 e. The number of nitrogens with zero attached hydrogens (tertiary/aromatic N) is 4. The molecule has 0 aliphatic carbocycles. The summed E-state index contributed by atoms with van der Waals surface area (Å²) in [6.07, 6.45) is -4.43. The molecule has 0 amide bonds. The van der Waals surface area contributed by atoms with Gasteiger partial charge in [-0.25, -0.2) is 4.68 Å². The molecular weight excluding hydrogens is 333 g/mol. The predicted molar refractivity (Wildman–Crippen MR) is 89.3 cm³/mol. The first-order chi connectivity index (χ1) is 11.8. The van der Waals surface area contributed by atoms with Gasteiger partial charge in [0.2, 0.25) is 5.43 Å². The van der Waals surface area contributed by atoms with E-state index in [0.29, 0.717) is 18.8 Å². The van der Waals surface area contributed by atoms with Crippen molar-refractivity contribution < 1.29 is 13.2 Å². The van der Waals surface area contributed by atoms with Crippen LogP contribution >= 0.6 is 0 Å². The summed E-state index contributed by atoms with van der Waals surface area (Å²) in [5.74, 6) is 0.274. The summed E-state index contributed by atoms with van der Waals surface area (Å²) in [5, 5.41) is 4.36. The van der Waals surface area contributed by atoms with Crippen LogP contribution < -0.4 is 10.3 Å². The Balaban J connectivity index is 2.03. The molecule has 134 valence electrons. The van der Waals surface area contributed by atoms with Gasteiger partial charge >= 0.3 is 6.18 Å². The van der Waals surface area contributed by atoms with E-state index >= 15 is 0 Å². The predicted octanol–water partition coefficient (Wildman–Crippen LogP) is 2.31. The maximum Gasteiger partial charge on any atom is 0.416 e. The van der Waals surface area contributed by atoms with Crippen LogP contribution in [-0.2, 0) is 6.18 Å². The lowest BCUT2D eigenvalue weighted by atomic mass is 10.2. The molecule has 1 aliphatic heterocycles. The van der Waals surface area contributed by atoms with Crippen LogP contribution in [0.4, 0.5) is 19.0 Å². The number of hydrogen-bond acceptors (Lipinski definition) is 4. The first-order valence-corrected chi connectivity index (χ1v) is 7.98. The molecule has 1 fully saturated rings. The monoisotopic (exact) mass is 352 g/mol. The Morgan fingerprint density at radius 2 is 1.76 bits per heavy atom. The van der Waals surface area contributed by atoms with Crippen LogP contribution in [0, 0.1) is 6.92 Å². The summed E-state index contributed by atoms with van der Waals surface area (Å²) >= 11 is 0. The average molecular weight is 352 g/mol. The first kappa shape index (κ1) is 17.5. The van der Waals surface area contributed by atoms with Gasteiger partial charge in [-0.3, -0.25) is 4.79 Å². The molecule has 1 aromatic carbocycles. The van der Waals surface area contributed by atoms with Crippen molar-refractivity contribution in [3.05, 3.63) is 51.8 Å². The molecular formula is C17H19F3N4O. The second-order valence-corrected chi connectivity index (χ2v) is 6.22. The number of anilines is 1. The highest BCUT2D eigenvalue weighted by molar-refractivity contribution is 5.43. The zero-order valence-electron chi connectivity index (χ0n) is 14.0. The van der Waals surface area contributed by atoms with E-state index in [1.807, 2.05) is 11.9 Å². The fourth-order valence-corrected chi connectivity index (χ4v) is 2.85. The van der Waals surface area contributed by atoms with Crippen molar-refractivity contribution in [2.75, 3.05) is 38.1 Å². The quantitative estimate of drug-likeness (QED) is 0.832. The van der Waals surface area contributed by atoms with E-state index in [0.717, 1.165) is 25.2 Å². The Morgan fingerprint density at radius 1 is 1.08 bits per heavy atom. The lowest BCUT2D eigenvalue weighted by Gasteiger charge is -2.33. The Morgan fingerprint density at radius 3 is 2.40 bits per heavy atom. The van der Waals surface area contributed by atoms with E-state index in [4.69, 9.17) is 0 Å². The van der Waals surface area contributed by atoms with Gasteiger partial charge in [0.05, 0.1) is 11.3 Å². The maximum absolute atomic E-state index is 13.0.